The first-order chi connectivity index (χ1) is 9.41. The van der Waals surface area contributed by atoms with Gasteiger partial charge in [0.1, 0.15) is 6.54 Å². The molecule has 0 radical (unpaired) electrons. The van der Waals surface area contributed by atoms with Crippen LogP contribution < -0.4 is 16.9 Å². The average Bonchev–Trinajstić information content (AvgIpc) is 2.39. The minimum Gasteiger partial charge on any atom is -0.368 e. The van der Waals surface area contributed by atoms with Crippen molar-refractivity contribution in [2.24, 2.45) is 5.73 Å². The number of aryl methyl sites for hydroxylation is 1. The van der Waals surface area contributed by atoms with E-state index in [4.69, 9.17) is 5.73 Å². The SMILES string of the molecule is Cc1cccc(-n2ccn(CC(N)=O)c(=O)c2=O)c1C. The third-order valence-corrected chi connectivity index (χ3v) is 3.22. The molecule has 0 spiro atoms. The molecule has 0 saturated carbocycles. The number of rotatable bonds is 3. The van der Waals surface area contributed by atoms with Gasteiger partial charge in [-0.1, -0.05) is 12.1 Å². The van der Waals surface area contributed by atoms with Crippen molar-refractivity contribution in [1.82, 2.24) is 9.13 Å². The van der Waals surface area contributed by atoms with Crippen LogP contribution in [0, 0.1) is 13.8 Å². The maximum Gasteiger partial charge on any atom is 0.320 e. The highest BCUT2D eigenvalue weighted by Gasteiger charge is 2.10. The number of nitrogens with two attached hydrogens (primary N) is 1. The second-order valence-electron chi connectivity index (χ2n) is 4.59. The maximum absolute atomic E-state index is 12.1. The Hall–Kier alpha value is -2.63. The predicted octanol–water partition coefficient (Wildman–Crippen LogP) is 0.101. The van der Waals surface area contributed by atoms with Crippen molar-refractivity contribution in [3.8, 4) is 5.69 Å². The Bertz CT molecular complexity index is 787. The van der Waals surface area contributed by atoms with E-state index in [1.54, 1.807) is 6.07 Å². The van der Waals surface area contributed by atoms with Crippen LogP contribution in [0.25, 0.3) is 5.69 Å². The highest BCUT2D eigenvalue weighted by molar-refractivity contribution is 5.73. The van der Waals surface area contributed by atoms with Crippen LogP contribution in [0.5, 0.6) is 0 Å². The summed E-state index contributed by atoms with van der Waals surface area (Å²) < 4.78 is 2.29. The number of amides is 1. The number of carbonyl (C=O) groups is 1. The Labute approximate surface area is 115 Å². The Morgan fingerprint density at radius 1 is 1.15 bits per heavy atom. The molecular weight excluding hydrogens is 258 g/mol. The molecule has 0 aliphatic heterocycles. The number of hydrogen-bond donors (Lipinski definition) is 1. The molecule has 0 aliphatic rings. The zero-order chi connectivity index (χ0) is 14.9. The van der Waals surface area contributed by atoms with E-state index in [1.807, 2.05) is 26.0 Å². The van der Waals surface area contributed by atoms with Crippen molar-refractivity contribution in [3.05, 3.63) is 62.4 Å². The zero-order valence-corrected chi connectivity index (χ0v) is 11.3. The van der Waals surface area contributed by atoms with Gasteiger partial charge in [0.25, 0.3) is 0 Å². The maximum atomic E-state index is 12.1. The van der Waals surface area contributed by atoms with Gasteiger partial charge < -0.3 is 5.73 Å². The van der Waals surface area contributed by atoms with Gasteiger partial charge in [0.05, 0.1) is 5.69 Å². The monoisotopic (exact) mass is 273 g/mol. The Morgan fingerprint density at radius 2 is 1.85 bits per heavy atom. The van der Waals surface area contributed by atoms with Crippen LogP contribution in [0.4, 0.5) is 0 Å². The molecule has 0 aliphatic carbocycles. The molecule has 20 heavy (non-hydrogen) atoms. The fourth-order valence-corrected chi connectivity index (χ4v) is 1.99. The third kappa shape index (κ3) is 2.40. The second-order valence-corrected chi connectivity index (χ2v) is 4.59. The van der Waals surface area contributed by atoms with E-state index in [9.17, 15) is 14.4 Å². The summed E-state index contributed by atoms with van der Waals surface area (Å²) in [7, 11) is 0. The summed E-state index contributed by atoms with van der Waals surface area (Å²) in [5, 5.41) is 0. The standard InChI is InChI=1S/C14H15N3O3/c1-9-4-3-5-11(10(9)2)17-7-6-16(8-12(15)18)13(19)14(17)20/h3-7H,8H2,1-2H3,(H2,15,18). The summed E-state index contributed by atoms with van der Waals surface area (Å²) >= 11 is 0. The van der Waals surface area contributed by atoms with Crippen molar-refractivity contribution in [2.75, 3.05) is 0 Å². The van der Waals surface area contributed by atoms with Crippen LogP contribution in [0.1, 0.15) is 11.1 Å². The number of carbonyl (C=O) groups excluding carboxylic acids is 1. The molecule has 1 heterocycles. The number of hydrogen-bond acceptors (Lipinski definition) is 3. The Balaban J connectivity index is 2.64. The molecule has 2 rings (SSSR count). The predicted molar refractivity (Wildman–Crippen MR) is 75.0 cm³/mol. The van der Waals surface area contributed by atoms with E-state index >= 15 is 0 Å². The average molecular weight is 273 g/mol. The Kier molecular flexibility index (Phi) is 3.56. The van der Waals surface area contributed by atoms with Gasteiger partial charge in [0.15, 0.2) is 0 Å². The van der Waals surface area contributed by atoms with Crippen LogP contribution in [-0.4, -0.2) is 15.0 Å². The van der Waals surface area contributed by atoms with Crippen LogP contribution in [0.2, 0.25) is 0 Å². The van der Waals surface area contributed by atoms with Crippen molar-refractivity contribution in [3.63, 3.8) is 0 Å². The van der Waals surface area contributed by atoms with Gasteiger partial charge in [0.2, 0.25) is 5.91 Å². The number of benzene rings is 1. The van der Waals surface area contributed by atoms with E-state index in [2.05, 4.69) is 0 Å². The van der Waals surface area contributed by atoms with Crippen LogP contribution in [-0.2, 0) is 11.3 Å². The summed E-state index contributed by atoms with van der Waals surface area (Å²) in [6.45, 7) is 3.51. The third-order valence-electron chi connectivity index (χ3n) is 3.22. The molecule has 6 heteroatoms. The normalized spacial score (nSPS) is 10.5. The molecular formula is C14H15N3O3. The molecule has 104 valence electrons. The van der Waals surface area contributed by atoms with Crippen molar-refractivity contribution < 1.29 is 4.79 Å². The van der Waals surface area contributed by atoms with Crippen molar-refractivity contribution in [1.29, 1.82) is 0 Å². The van der Waals surface area contributed by atoms with E-state index in [0.717, 1.165) is 15.7 Å². The number of aromatic nitrogens is 2. The highest BCUT2D eigenvalue weighted by Crippen LogP contribution is 2.15. The molecule has 2 aromatic rings. The quantitative estimate of drug-likeness (QED) is 0.805. The van der Waals surface area contributed by atoms with Gasteiger partial charge in [-0.2, -0.15) is 0 Å². The molecule has 1 amide bonds. The lowest BCUT2D eigenvalue weighted by Gasteiger charge is -2.11. The molecule has 6 nitrogen and oxygen atoms in total. The minimum absolute atomic E-state index is 0.304. The summed E-state index contributed by atoms with van der Waals surface area (Å²) in [6.07, 6.45) is 2.85. The van der Waals surface area contributed by atoms with Crippen LogP contribution in [0.3, 0.4) is 0 Å². The fraction of sp³-hybridized carbons (Fsp3) is 0.214. The van der Waals surface area contributed by atoms with Crippen LogP contribution in [0.15, 0.2) is 40.2 Å². The smallest absolute Gasteiger partial charge is 0.320 e. The van der Waals surface area contributed by atoms with Crippen molar-refractivity contribution >= 4 is 5.91 Å². The molecule has 0 bridgehead atoms. The van der Waals surface area contributed by atoms with Gasteiger partial charge in [-0.05, 0) is 31.0 Å². The lowest BCUT2D eigenvalue weighted by Crippen LogP contribution is -2.42. The van der Waals surface area contributed by atoms with E-state index in [0.29, 0.717) is 5.69 Å². The van der Waals surface area contributed by atoms with E-state index in [-0.39, 0.29) is 6.54 Å². The van der Waals surface area contributed by atoms with Gasteiger partial charge in [-0.15, -0.1) is 0 Å². The summed E-state index contributed by atoms with van der Waals surface area (Å²) in [5.74, 6) is -0.670. The molecule has 0 atom stereocenters. The van der Waals surface area contributed by atoms with Crippen LogP contribution >= 0.6 is 0 Å². The Morgan fingerprint density at radius 3 is 2.50 bits per heavy atom. The first kappa shape index (κ1) is 13.8. The lowest BCUT2D eigenvalue weighted by molar-refractivity contribution is -0.118. The van der Waals surface area contributed by atoms with Gasteiger partial charge in [-0.3, -0.25) is 23.5 Å². The number of nitrogens with zero attached hydrogens (tertiary/aromatic N) is 2. The zero-order valence-electron chi connectivity index (χ0n) is 11.3. The van der Waals surface area contributed by atoms with Gasteiger partial charge in [0, 0.05) is 12.4 Å². The highest BCUT2D eigenvalue weighted by atomic mass is 16.2. The lowest BCUT2D eigenvalue weighted by atomic mass is 10.1. The molecule has 1 aromatic heterocycles. The first-order valence-corrected chi connectivity index (χ1v) is 6.09. The fourth-order valence-electron chi connectivity index (χ4n) is 1.99. The molecule has 0 saturated heterocycles. The van der Waals surface area contributed by atoms with E-state index in [1.165, 1.54) is 17.0 Å². The molecule has 1 aromatic carbocycles. The van der Waals surface area contributed by atoms with Gasteiger partial charge in [-0.25, -0.2) is 0 Å². The summed E-state index contributed by atoms with van der Waals surface area (Å²) in [4.78, 5) is 34.9. The molecule has 0 fully saturated rings. The topological polar surface area (TPSA) is 87.1 Å². The largest absolute Gasteiger partial charge is 0.368 e. The first-order valence-electron chi connectivity index (χ1n) is 6.09. The molecule has 0 unspecified atom stereocenters. The number of primary amides is 1. The summed E-state index contributed by atoms with van der Waals surface area (Å²) in [5.41, 5.74) is 6.15. The van der Waals surface area contributed by atoms with E-state index < -0.39 is 17.0 Å². The van der Waals surface area contributed by atoms with Crippen molar-refractivity contribution in [2.45, 2.75) is 20.4 Å². The second kappa shape index (κ2) is 5.16. The summed E-state index contributed by atoms with van der Waals surface area (Å²) in [6, 6.07) is 5.51. The molecule has 2 N–H and O–H groups in total. The minimum atomic E-state index is -0.771. The van der Waals surface area contributed by atoms with Gasteiger partial charge >= 0.3 is 11.1 Å².